The standard InChI is InChI=1S/C27H32BrN5O3/c28-24-7-5-20(6-8-24)26-30-25(36-31-26)19-32-11-9-21(10-12-32)27(34)29-17-22-3-1-2-4-23(22)18-33-13-15-35-16-14-33/h1-8,21H,9-19H2,(H,29,34). The lowest BCUT2D eigenvalue weighted by Crippen LogP contribution is -2.40. The minimum absolute atomic E-state index is 0.0358. The molecule has 8 nitrogen and oxygen atoms in total. The van der Waals surface area contributed by atoms with Crippen molar-refractivity contribution in [2.24, 2.45) is 5.92 Å². The first-order valence-electron chi connectivity index (χ1n) is 12.6. The van der Waals surface area contributed by atoms with Gasteiger partial charge in [0.1, 0.15) is 0 Å². The van der Waals surface area contributed by atoms with E-state index in [9.17, 15) is 4.79 Å². The van der Waals surface area contributed by atoms with E-state index in [1.165, 1.54) is 11.1 Å². The monoisotopic (exact) mass is 553 g/mol. The minimum atomic E-state index is 0.0358. The van der Waals surface area contributed by atoms with Crippen molar-refractivity contribution < 1.29 is 14.1 Å². The average molecular weight is 554 g/mol. The van der Waals surface area contributed by atoms with Crippen molar-refractivity contribution in [3.63, 3.8) is 0 Å². The number of amides is 1. The van der Waals surface area contributed by atoms with Crippen LogP contribution in [-0.4, -0.2) is 65.2 Å². The Morgan fingerprint density at radius 3 is 2.39 bits per heavy atom. The lowest BCUT2D eigenvalue weighted by molar-refractivity contribution is -0.126. The molecule has 0 atom stereocenters. The van der Waals surface area contributed by atoms with Crippen LogP contribution in [0.25, 0.3) is 11.4 Å². The molecule has 3 heterocycles. The van der Waals surface area contributed by atoms with Gasteiger partial charge in [0.2, 0.25) is 17.6 Å². The average Bonchev–Trinajstić information content (AvgIpc) is 3.38. The van der Waals surface area contributed by atoms with E-state index in [-0.39, 0.29) is 11.8 Å². The minimum Gasteiger partial charge on any atom is -0.379 e. The summed E-state index contributed by atoms with van der Waals surface area (Å²) in [5.74, 6) is 1.38. The van der Waals surface area contributed by atoms with E-state index in [1.54, 1.807) is 0 Å². The third-order valence-electron chi connectivity index (χ3n) is 6.96. The Bertz CT molecular complexity index is 1140. The molecule has 3 aromatic rings. The maximum Gasteiger partial charge on any atom is 0.241 e. The molecule has 0 bridgehead atoms. The van der Waals surface area contributed by atoms with Gasteiger partial charge in [0.15, 0.2) is 0 Å². The molecule has 1 N–H and O–H groups in total. The summed E-state index contributed by atoms with van der Waals surface area (Å²) >= 11 is 3.44. The first kappa shape index (κ1) is 25.1. The fourth-order valence-electron chi connectivity index (χ4n) is 4.79. The van der Waals surface area contributed by atoms with Crippen LogP contribution in [-0.2, 0) is 29.2 Å². The summed E-state index contributed by atoms with van der Waals surface area (Å²) in [4.78, 5) is 22.2. The topological polar surface area (TPSA) is 83.7 Å². The first-order valence-corrected chi connectivity index (χ1v) is 13.4. The third-order valence-corrected chi connectivity index (χ3v) is 7.49. The van der Waals surface area contributed by atoms with Crippen LogP contribution < -0.4 is 5.32 Å². The number of hydrogen-bond donors (Lipinski definition) is 1. The summed E-state index contributed by atoms with van der Waals surface area (Å²) in [5.41, 5.74) is 3.39. The highest BCUT2D eigenvalue weighted by molar-refractivity contribution is 9.10. The first-order chi connectivity index (χ1) is 17.6. The number of likely N-dealkylation sites (tertiary alicyclic amines) is 1. The van der Waals surface area contributed by atoms with Gasteiger partial charge in [-0.1, -0.05) is 45.4 Å². The number of rotatable bonds is 8. The zero-order valence-electron chi connectivity index (χ0n) is 20.4. The molecule has 0 saturated carbocycles. The van der Waals surface area contributed by atoms with E-state index in [4.69, 9.17) is 9.26 Å². The molecule has 2 saturated heterocycles. The molecule has 0 spiro atoms. The van der Waals surface area contributed by atoms with E-state index in [2.05, 4.69) is 59.4 Å². The van der Waals surface area contributed by atoms with Crippen molar-refractivity contribution in [3.05, 3.63) is 70.0 Å². The highest BCUT2D eigenvalue weighted by atomic mass is 79.9. The summed E-state index contributed by atoms with van der Waals surface area (Å²) in [5, 5.41) is 7.31. The van der Waals surface area contributed by atoms with E-state index in [0.29, 0.717) is 24.8 Å². The van der Waals surface area contributed by atoms with Crippen LogP contribution in [0.1, 0.15) is 29.9 Å². The normalized spacial score (nSPS) is 17.8. The molecule has 2 aliphatic heterocycles. The van der Waals surface area contributed by atoms with E-state index in [0.717, 1.165) is 68.8 Å². The largest absolute Gasteiger partial charge is 0.379 e. The number of carbonyl (C=O) groups excluding carboxylic acids is 1. The summed E-state index contributed by atoms with van der Waals surface area (Å²) < 4.78 is 12.0. The molecule has 2 aromatic carbocycles. The molecule has 190 valence electrons. The van der Waals surface area contributed by atoms with Crippen molar-refractivity contribution >= 4 is 21.8 Å². The van der Waals surface area contributed by atoms with Crippen molar-refractivity contribution in [2.75, 3.05) is 39.4 Å². The number of ether oxygens (including phenoxy) is 1. The van der Waals surface area contributed by atoms with Gasteiger partial charge >= 0.3 is 0 Å². The molecule has 5 rings (SSSR count). The number of halogens is 1. The Kier molecular flexibility index (Phi) is 8.43. The molecule has 0 unspecified atom stereocenters. The quantitative estimate of drug-likeness (QED) is 0.453. The van der Waals surface area contributed by atoms with Crippen LogP contribution >= 0.6 is 15.9 Å². The Labute approximate surface area is 220 Å². The van der Waals surface area contributed by atoms with Gasteiger partial charge in [-0.2, -0.15) is 4.98 Å². The molecular formula is C27H32BrN5O3. The van der Waals surface area contributed by atoms with Gasteiger partial charge in [-0.25, -0.2) is 0 Å². The second-order valence-electron chi connectivity index (χ2n) is 9.44. The summed E-state index contributed by atoms with van der Waals surface area (Å²) in [7, 11) is 0. The van der Waals surface area contributed by atoms with Gasteiger partial charge in [0, 0.05) is 42.1 Å². The van der Waals surface area contributed by atoms with Crippen molar-refractivity contribution in [2.45, 2.75) is 32.5 Å². The fourth-order valence-corrected chi connectivity index (χ4v) is 5.06. The third kappa shape index (κ3) is 6.59. The van der Waals surface area contributed by atoms with Gasteiger partial charge in [-0.05, 0) is 61.3 Å². The SMILES string of the molecule is O=C(NCc1ccccc1CN1CCOCC1)C1CCN(Cc2nc(-c3ccc(Br)cc3)no2)CC1. The van der Waals surface area contributed by atoms with Crippen LogP contribution in [0.5, 0.6) is 0 Å². The van der Waals surface area contributed by atoms with Gasteiger partial charge in [-0.15, -0.1) is 0 Å². The number of nitrogens with one attached hydrogen (secondary N) is 1. The van der Waals surface area contributed by atoms with Crippen molar-refractivity contribution in [1.29, 1.82) is 0 Å². The van der Waals surface area contributed by atoms with Gasteiger partial charge < -0.3 is 14.6 Å². The number of nitrogens with zero attached hydrogens (tertiary/aromatic N) is 4. The van der Waals surface area contributed by atoms with Crippen LogP contribution in [0.4, 0.5) is 0 Å². The van der Waals surface area contributed by atoms with Gasteiger partial charge in [-0.3, -0.25) is 14.6 Å². The molecule has 1 amide bonds. The lowest BCUT2D eigenvalue weighted by atomic mass is 9.95. The maximum absolute atomic E-state index is 12.9. The van der Waals surface area contributed by atoms with Crippen LogP contribution in [0, 0.1) is 5.92 Å². The smallest absolute Gasteiger partial charge is 0.241 e. The highest BCUT2D eigenvalue weighted by Crippen LogP contribution is 2.22. The van der Waals surface area contributed by atoms with Crippen molar-refractivity contribution in [3.8, 4) is 11.4 Å². The van der Waals surface area contributed by atoms with Crippen molar-refractivity contribution in [1.82, 2.24) is 25.3 Å². The molecule has 2 fully saturated rings. The fraction of sp³-hybridized carbons (Fsp3) is 0.444. The molecule has 1 aromatic heterocycles. The predicted molar refractivity (Wildman–Crippen MR) is 140 cm³/mol. The second kappa shape index (κ2) is 12.1. The number of carbonyl (C=O) groups is 1. The number of hydrogen-bond acceptors (Lipinski definition) is 7. The number of benzene rings is 2. The van der Waals surface area contributed by atoms with Crippen LogP contribution in [0.15, 0.2) is 57.5 Å². The molecule has 36 heavy (non-hydrogen) atoms. The number of morpholine rings is 1. The lowest BCUT2D eigenvalue weighted by Gasteiger charge is -2.30. The predicted octanol–water partition coefficient (Wildman–Crippen LogP) is 3.86. The molecule has 0 radical (unpaired) electrons. The summed E-state index contributed by atoms with van der Waals surface area (Å²) in [6.45, 7) is 7.22. The zero-order valence-corrected chi connectivity index (χ0v) is 22.0. The molecule has 0 aliphatic carbocycles. The number of aromatic nitrogens is 2. The van der Waals surface area contributed by atoms with E-state index >= 15 is 0 Å². The highest BCUT2D eigenvalue weighted by Gasteiger charge is 2.26. The molecule has 9 heteroatoms. The molecular weight excluding hydrogens is 522 g/mol. The Morgan fingerprint density at radius 1 is 0.944 bits per heavy atom. The zero-order chi connectivity index (χ0) is 24.7. The Hall–Kier alpha value is -2.59. The maximum atomic E-state index is 12.9. The molecule has 2 aliphatic rings. The van der Waals surface area contributed by atoms with Crippen LogP contribution in [0.3, 0.4) is 0 Å². The van der Waals surface area contributed by atoms with Gasteiger partial charge in [0.25, 0.3) is 0 Å². The van der Waals surface area contributed by atoms with E-state index < -0.39 is 0 Å². The van der Waals surface area contributed by atoms with E-state index in [1.807, 2.05) is 30.3 Å². The van der Waals surface area contributed by atoms with Crippen LogP contribution in [0.2, 0.25) is 0 Å². The van der Waals surface area contributed by atoms with Gasteiger partial charge in [0.05, 0.1) is 19.8 Å². The Balaban J connectivity index is 1.08. The summed E-state index contributed by atoms with van der Waals surface area (Å²) in [6.07, 6.45) is 1.66. The second-order valence-corrected chi connectivity index (χ2v) is 10.4. The summed E-state index contributed by atoms with van der Waals surface area (Å²) in [6, 6.07) is 16.2. The number of piperidine rings is 1. The Morgan fingerprint density at radius 2 is 1.64 bits per heavy atom.